The van der Waals surface area contributed by atoms with E-state index in [-0.39, 0.29) is 0 Å². The molecule has 3 rings (SSSR count). The quantitative estimate of drug-likeness (QED) is 0.879. The summed E-state index contributed by atoms with van der Waals surface area (Å²) in [5, 5.41) is 3.30. The molecule has 1 atom stereocenters. The van der Waals surface area contributed by atoms with Crippen LogP contribution in [0.1, 0.15) is 24.8 Å². The topological polar surface area (TPSA) is 67.4 Å². The van der Waals surface area contributed by atoms with Crippen molar-refractivity contribution in [2.75, 3.05) is 26.2 Å². The Bertz CT molecular complexity index is 595. The third-order valence-electron chi connectivity index (χ3n) is 4.15. The molecule has 0 aromatic heterocycles. The van der Waals surface area contributed by atoms with Crippen LogP contribution in [0.15, 0.2) is 23.1 Å². The summed E-state index contributed by atoms with van der Waals surface area (Å²) in [4.78, 5) is 0.343. The van der Waals surface area contributed by atoms with Crippen LogP contribution >= 0.6 is 0 Å². The maximum absolute atomic E-state index is 12.4. The lowest BCUT2D eigenvalue weighted by molar-refractivity contribution is 0.288. The van der Waals surface area contributed by atoms with Gasteiger partial charge in [0.25, 0.3) is 0 Å². The Labute approximate surface area is 126 Å². The largest absolute Gasteiger partial charge is 0.493 e. The number of hydrogen-bond donors (Lipinski definition) is 2. The van der Waals surface area contributed by atoms with Crippen molar-refractivity contribution in [2.24, 2.45) is 5.92 Å². The van der Waals surface area contributed by atoms with Gasteiger partial charge in [0, 0.05) is 6.54 Å². The van der Waals surface area contributed by atoms with Crippen LogP contribution in [-0.4, -0.2) is 34.7 Å². The number of nitrogens with one attached hydrogen (secondary N) is 2. The molecule has 0 radical (unpaired) electrons. The van der Waals surface area contributed by atoms with E-state index in [1.807, 2.05) is 0 Å². The molecule has 1 aromatic carbocycles. The van der Waals surface area contributed by atoms with Crippen LogP contribution in [0, 0.1) is 5.92 Å². The van der Waals surface area contributed by atoms with Gasteiger partial charge >= 0.3 is 0 Å². The summed E-state index contributed by atoms with van der Waals surface area (Å²) >= 11 is 0. The van der Waals surface area contributed by atoms with E-state index in [9.17, 15) is 8.42 Å². The molecule has 6 heteroatoms. The summed E-state index contributed by atoms with van der Waals surface area (Å²) in [6.07, 6.45) is 4.01. The fourth-order valence-electron chi connectivity index (χ4n) is 2.91. The first-order valence-electron chi connectivity index (χ1n) is 7.61. The number of piperidine rings is 1. The molecule has 5 nitrogen and oxygen atoms in total. The molecule has 1 aromatic rings. The van der Waals surface area contributed by atoms with Gasteiger partial charge in [-0.25, -0.2) is 13.1 Å². The lowest BCUT2D eigenvalue weighted by atomic mass is 10.0. The Kier molecular flexibility index (Phi) is 4.47. The zero-order chi connectivity index (χ0) is 14.7. The number of hydrogen-bond acceptors (Lipinski definition) is 4. The van der Waals surface area contributed by atoms with E-state index in [0.717, 1.165) is 50.1 Å². The summed E-state index contributed by atoms with van der Waals surface area (Å²) in [6.45, 7) is 3.14. The molecule has 0 aliphatic carbocycles. The first kappa shape index (κ1) is 14.8. The van der Waals surface area contributed by atoms with Gasteiger partial charge in [0.1, 0.15) is 5.75 Å². The molecule has 0 spiro atoms. The highest BCUT2D eigenvalue weighted by atomic mass is 32.2. The van der Waals surface area contributed by atoms with Gasteiger partial charge in [0.2, 0.25) is 10.0 Å². The maximum atomic E-state index is 12.4. The molecule has 2 heterocycles. The van der Waals surface area contributed by atoms with Crippen LogP contribution in [0.25, 0.3) is 0 Å². The van der Waals surface area contributed by atoms with Crippen molar-refractivity contribution in [3.05, 3.63) is 23.8 Å². The first-order valence-corrected chi connectivity index (χ1v) is 9.09. The Morgan fingerprint density at radius 3 is 3.05 bits per heavy atom. The number of benzene rings is 1. The highest BCUT2D eigenvalue weighted by Crippen LogP contribution is 2.27. The molecule has 1 fully saturated rings. The van der Waals surface area contributed by atoms with Crippen molar-refractivity contribution in [3.8, 4) is 5.75 Å². The first-order chi connectivity index (χ1) is 10.1. The van der Waals surface area contributed by atoms with E-state index in [1.54, 1.807) is 18.2 Å². The number of fused-ring (bicyclic) bond motifs is 1. The minimum atomic E-state index is -3.43. The summed E-state index contributed by atoms with van der Waals surface area (Å²) < 4.78 is 33.0. The fraction of sp³-hybridized carbons (Fsp3) is 0.600. The standard InChI is InChI=1S/C15H22N2O3S/c18-21(19,17-11-12-3-1-7-16-10-12)14-5-6-15-13(9-14)4-2-8-20-15/h5-6,9,12,16-17H,1-4,7-8,10-11H2. The van der Waals surface area contributed by atoms with Crippen LogP contribution in [0.2, 0.25) is 0 Å². The highest BCUT2D eigenvalue weighted by molar-refractivity contribution is 7.89. The smallest absolute Gasteiger partial charge is 0.240 e. The number of ether oxygens (including phenoxy) is 1. The predicted octanol–water partition coefficient (Wildman–Crippen LogP) is 1.29. The second-order valence-corrected chi connectivity index (χ2v) is 7.55. The van der Waals surface area contributed by atoms with Crippen molar-refractivity contribution in [2.45, 2.75) is 30.6 Å². The predicted molar refractivity (Wildman–Crippen MR) is 81.0 cm³/mol. The number of aryl methyl sites for hydroxylation is 1. The number of rotatable bonds is 4. The molecule has 0 bridgehead atoms. The van der Waals surface area contributed by atoms with Crippen LogP contribution in [-0.2, 0) is 16.4 Å². The van der Waals surface area contributed by atoms with Gasteiger partial charge in [-0.1, -0.05) is 0 Å². The minimum absolute atomic E-state index is 0.343. The molecule has 1 saturated heterocycles. The average molecular weight is 310 g/mol. The molecule has 0 amide bonds. The zero-order valence-corrected chi connectivity index (χ0v) is 12.9. The molecular formula is C15H22N2O3S. The van der Waals surface area contributed by atoms with Crippen molar-refractivity contribution in [3.63, 3.8) is 0 Å². The van der Waals surface area contributed by atoms with Gasteiger partial charge in [-0.2, -0.15) is 0 Å². The maximum Gasteiger partial charge on any atom is 0.240 e. The van der Waals surface area contributed by atoms with Crippen LogP contribution in [0.4, 0.5) is 0 Å². The average Bonchev–Trinajstić information content (AvgIpc) is 2.53. The molecule has 0 saturated carbocycles. The minimum Gasteiger partial charge on any atom is -0.493 e. The van der Waals surface area contributed by atoms with E-state index >= 15 is 0 Å². The van der Waals surface area contributed by atoms with Crippen LogP contribution in [0.5, 0.6) is 5.75 Å². The van der Waals surface area contributed by atoms with Gasteiger partial charge in [-0.05, 0) is 68.5 Å². The highest BCUT2D eigenvalue weighted by Gasteiger charge is 2.20. The Balaban J connectivity index is 1.69. The third-order valence-corrected chi connectivity index (χ3v) is 5.57. The van der Waals surface area contributed by atoms with Crippen molar-refractivity contribution in [1.82, 2.24) is 10.0 Å². The summed E-state index contributed by atoms with van der Waals surface area (Å²) in [7, 11) is -3.43. The van der Waals surface area contributed by atoms with Crippen LogP contribution in [0.3, 0.4) is 0 Å². The third kappa shape index (κ3) is 3.56. The van der Waals surface area contributed by atoms with E-state index in [2.05, 4.69) is 10.0 Å². The monoisotopic (exact) mass is 310 g/mol. The number of sulfonamides is 1. The SMILES string of the molecule is O=S(=O)(NCC1CCCNC1)c1ccc2c(c1)CCCO2. The lowest BCUT2D eigenvalue weighted by Crippen LogP contribution is -2.38. The summed E-state index contributed by atoms with van der Waals surface area (Å²) in [6, 6.07) is 5.15. The van der Waals surface area contributed by atoms with Gasteiger partial charge in [-0.15, -0.1) is 0 Å². The Morgan fingerprint density at radius 1 is 1.33 bits per heavy atom. The Morgan fingerprint density at radius 2 is 2.24 bits per heavy atom. The lowest BCUT2D eigenvalue weighted by Gasteiger charge is -2.23. The Hall–Kier alpha value is -1.11. The summed E-state index contributed by atoms with van der Waals surface area (Å²) in [5.74, 6) is 1.20. The molecule has 1 unspecified atom stereocenters. The van der Waals surface area contributed by atoms with E-state index in [1.165, 1.54) is 0 Å². The molecule has 21 heavy (non-hydrogen) atoms. The second kappa shape index (κ2) is 6.34. The van der Waals surface area contributed by atoms with Crippen LogP contribution < -0.4 is 14.8 Å². The second-order valence-electron chi connectivity index (χ2n) is 5.79. The van der Waals surface area contributed by atoms with Gasteiger partial charge < -0.3 is 10.1 Å². The molecule has 2 N–H and O–H groups in total. The van der Waals surface area contributed by atoms with E-state index < -0.39 is 10.0 Å². The zero-order valence-electron chi connectivity index (χ0n) is 12.1. The molecular weight excluding hydrogens is 288 g/mol. The van der Waals surface area contributed by atoms with Crippen molar-refractivity contribution < 1.29 is 13.2 Å². The molecule has 116 valence electrons. The van der Waals surface area contributed by atoms with Gasteiger partial charge in [0.15, 0.2) is 0 Å². The van der Waals surface area contributed by atoms with E-state index in [4.69, 9.17) is 4.74 Å². The fourth-order valence-corrected chi connectivity index (χ4v) is 4.08. The van der Waals surface area contributed by atoms with Gasteiger partial charge in [0.05, 0.1) is 11.5 Å². The van der Waals surface area contributed by atoms with Gasteiger partial charge in [-0.3, -0.25) is 0 Å². The van der Waals surface area contributed by atoms with E-state index in [0.29, 0.717) is 24.0 Å². The normalized spacial score (nSPS) is 22.4. The summed E-state index contributed by atoms with van der Waals surface area (Å²) in [5.41, 5.74) is 0.989. The molecule has 2 aliphatic rings. The van der Waals surface area contributed by atoms with Crippen molar-refractivity contribution >= 4 is 10.0 Å². The van der Waals surface area contributed by atoms with Crippen molar-refractivity contribution in [1.29, 1.82) is 0 Å². The molecule has 2 aliphatic heterocycles.